The third-order valence-electron chi connectivity index (χ3n) is 9.90. The second-order valence-electron chi connectivity index (χ2n) is 12.8. The van der Waals surface area contributed by atoms with E-state index < -0.39 is 5.82 Å². The van der Waals surface area contributed by atoms with E-state index in [4.69, 9.17) is 14.7 Å². The number of fused-ring (bicyclic) bond motifs is 2. The first-order valence-corrected chi connectivity index (χ1v) is 16.4. The Balaban J connectivity index is 0.000000664. The summed E-state index contributed by atoms with van der Waals surface area (Å²) < 4.78 is 27.1. The number of phenolic OH excluding ortho intramolecular Hbond substituents is 1. The molecule has 7 rings (SSSR count). The maximum atomic E-state index is 16.6. The second-order valence-corrected chi connectivity index (χ2v) is 12.8. The van der Waals surface area contributed by atoms with Crippen molar-refractivity contribution in [3.05, 3.63) is 35.3 Å². The van der Waals surface area contributed by atoms with Gasteiger partial charge in [0.2, 0.25) is 0 Å². The van der Waals surface area contributed by atoms with Gasteiger partial charge in [0, 0.05) is 30.9 Å². The van der Waals surface area contributed by atoms with Gasteiger partial charge in [-0.25, -0.2) is 4.39 Å². The number of halogens is 1. The molecule has 10 nitrogen and oxygen atoms in total. The fourth-order valence-electron chi connectivity index (χ4n) is 7.54. The lowest BCUT2D eigenvalue weighted by Gasteiger charge is -2.34. The smallest absolute Gasteiger partial charge is 0.319 e. The topological polar surface area (TPSA) is 113 Å². The normalized spacial score (nSPS) is 20.9. The summed E-state index contributed by atoms with van der Waals surface area (Å²) in [5.41, 5.74) is 3.19. The molecular formula is C34H45FN6O4. The number of aryl methyl sites for hydroxylation is 1. The van der Waals surface area contributed by atoms with Gasteiger partial charge in [-0.1, -0.05) is 0 Å². The summed E-state index contributed by atoms with van der Waals surface area (Å²) in [5, 5.41) is 14.4. The van der Waals surface area contributed by atoms with Gasteiger partial charge in [-0.15, -0.1) is 0 Å². The molecule has 1 unspecified atom stereocenters. The molecule has 0 radical (unpaired) electrons. The Labute approximate surface area is 264 Å². The number of benzene rings is 1. The van der Waals surface area contributed by atoms with Gasteiger partial charge in [-0.05, 0) is 115 Å². The molecule has 1 aromatic carbocycles. The van der Waals surface area contributed by atoms with E-state index in [9.17, 15) is 9.90 Å². The van der Waals surface area contributed by atoms with Crippen molar-refractivity contribution >= 4 is 23.2 Å². The van der Waals surface area contributed by atoms with Crippen molar-refractivity contribution in [1.82, 2.24) is 25.2 Å². The van der Waals surface area contributed by atoms with Crippen LogP contribution in [0.1, 0.15) is 75.3 Å². The standard InChI is InChI=1S/C31H39FN6O2.C3H6O2/c1-19-14-22(39)15-23(25(19)20-7-8-20)27-26(32)28-24(16-34-27)29(37-11-3-6-21(17-37)33-2)36-30(35-28)40-18-31-9-4-12-38(31)13-5-10-31;1-2-5-3-4/h14-16,20-21,33,39H,3-13,17-18H2,1-2H3;3H,2H2,1H3. The first kappa shape index (κ1) is 31.4. The molecule has 5 heterocycles. The monoisotopic (exact) mass is 620 g/mol. The predicted octanol–water partition coefficient (Wildman–Crippen LogP) is 5.10. The number of hydrogen-bond acceptors (Lipinski definition) is 10. The van der Waals surface area contributed by atoms with Gasteiger partial charge in [-0.2, -0.15) is 9.97 Å². The van der Waals surface area contributed by atoms with Crippen LogP contribution in [-0.4, -0.2) is 89.5 Å². The summed E-state index contributed by atoms with van der Waals surface area (Å²) in [6.45, 7) is 9.01. The van der Waals surface area contributed by atoms with Crippen LogP contribution >= 0.6 is 0 Å². The Kier molecular flexibility index (Phi) is 9.37. The number of rotatable bonds is 9. The van der Waals surface area contributed by atoms with Crippen molar-refractivity contribution in [3.63, 3.8) is 0 Å². The summed E-state index contributed by atoms with van der Waals surface area (Å²) in [4.78, 5) is 28.2. The Hall–Kier alpha value is -3.57. The van der Waals surface area contributed by atoms with Crippen molar-refractivity contribution in [2.45, 2.75) is 82.7 Å². The van der Waals surface area contributed by atoms with Gasteiger partial charge in [-0.3, -0.25) is 14.7 Å². The van der Waals surface area contributed by atoms with E-state index in [1.165, 1.54) is 12.8 Å². The highest BCUT2D eigenvalue weighted by atomic mass is 19.1. The number of hydrogen-bond donors (Lipinski definition) is 2. The zero-order valence-electron chi connectivity index (χ0n) is 26.6. The van der Waals surface area contributed by atoms with Gasteiger partial charge in [0.15, 0.2) is 5.82 Å². The van der Waals surface area contributed by atoms with Crippen molar-refractivity contribution in [1.29, 1.82) is 0 Å². The molecule has 4 fully saturated rings. The number of nitrogens with zero attached hydrogens (tertiary/aromatic N) is 5. The number of ether oxygens (including phenoxy) is 2. The molecular weight excluding hydrogens is 575 g/mol. The molecule has 0 amide bonds. The SMILES string of the molecule is CCOC=O.CNC1CCCN(c2nc(OCC34CCCN3CCC4)nc3c(F)c(-c4cc(O)cc(C)c4C4CC4)ncc23)C1. The molecule has 4 aliphatic rings. The first-order chi connectivity index (χ1) is 21.9. The quantitative estimate of drug-likeness (QED) is 0.314. The lowest BCUT2D eigenvalue weighted by Crippen LogP contribution is -2.45. The minimum atomic E-state index is -0.485. The van der Waals surface area contributed by atoms with Gasteiger partial charge >= 0.3 is 6.01 Å². The summed E-state index contributed by atoms with van der Waals surface area (Å²) in [6.07, 6.45) is 10.6. The zero-order chi connectivity index (χ0) is 31.6. The van der Waals surface area contributed by atoms with Crippen molar-refractivity contribution < 1.29 is 23.8 Å². The van der Waals surface area contributed by atoms with Crippen LogP contribution in [-0.2, 0) is 9.53 Å². The highest BCUT2D eigenvalue weighted by Gasteiger charge is 2.45. The number of pyridine rings is 1. The molecule has 3 saturated heterocycles. The fourth-order valence-corrected chi connectivity index (χ4v) is 7.54. The van der Waals surface area contributed by atoms with Crippen LogP contribution in [0.15, 0.2) is 18.3 Å². The molecule has 1 saturated carbocycles. The van der Waals surface area contributed by atoms with E-state index in [1.807, 2.05) is 14.0 Å². The Morgan fingerprint density at radius 3 is 2.58 bits per heavy atom. The number of aromatic hydroxyl groups is 1. The molecule has 2 aromatic heterocycles. The van der Waals surface area contributed by atoms with Crippen LogP contribution in [0.25, 0.3) is 22.2 Å². The summed E-state index contributed by atoms with van der Waals surface area (Å²) in [6, 6.07) is 3.97. The van der Waals surface area contributed by atoms with Crippen LogP contribution in [0.4, 0.5) is 10.2 Å². The van der Waals surface area contributed by atoms with E-state index in [0.717, 1.165) is 75.8 Å². The number of anilines is 1. The lowest BCUT2D eigenvalue weighted by molar-refractivity contribution is -0.128. The lowest BCUT2D eigenvalue weighted by atomic mass is 9.94. The molecule has 3 aromatic rings. The van der Waals surface area contributed by atoms with E-state index in [-0.39, 0.29) is 28.5 Å². The fraction of sp³-hybridized carbons (Fsp3) is 0.588. The zero-order valence-corrected chi connectivity index (χ0v) is 26.6. The molecule has 3 aliphatic heterocycles. The summed E-state index contributed by atoms with van der Waals surface area (Å²) >= 11 is 0. The third kappa shape index (κ3) is 6.42. The average Bonchev–Trinajstić information content (AvgIpc) is 3.67. The second kappa shape index (κ2) is 13.4. The Morgan fingerprint density at radius 2 is 1.91 bits per heavy atom. The molecule has 2 N–H and O–H groups in total. The Bertz CT molecular complexity index is 1520. The van der Waals surface area contributed by atoms with E-state index >= 15 is 4.39 Å². The van der Waals surface area contributed by atoms with Gasteiger partial charge in [0.05, 0.1) is 17.5 Å². The number of phenols is 1. The maximum Gasteiger partial charge on any atom is 0.319 e. The number of likely N-dealkylation sites (N-methyl/N-ethyl adjacent to an activating group) is 1. The number of piperidine rings is 1. The number of nitrogens with one attached hydrogen (secondary N) is 1. The van der Waals surface area contributed by atoms with E-state index in [0.29, 0.717) is 48.4 Å². The molecule has 0 spiro atoms. The number of aromatic nitrogens is 3. The summed E-state index contributed by atoms with van der Waals surface area (Å²) in [5.74, 6) is 0.689. The van der Waals surface area contributed by atoms with Crippen LogP contribution in [0.2, 0.25) is 0 Å². The molecule has 1 aliphatic carbocycles. The predicted molar refractivity (Wildman–Crippen MR) is 171 cm³/mol. The molecule has 45 heavy (non-hydrogen) atoms. The maximum absolute atomic E-state index is 16.6. The number of carbonyl (C=O) groups is 1. The van der Waals surface area contributed by atoms with Crippen molar-refractivity contribution in [2.75, 3.05) is 51.3 Å². The van der Waals surface area contributed by atoms with Crippen LogP contribution in [0.3, 0.4) is 0 Å². The van der Waals surface area contributed by atoms with Gasteiger partial charge in [0.25, 0.3) is 6.47 Å². The van der Waals surface area contributed by atoms with Crippen molar-refractivity contribution in [2.24, 2.45) is 0 Å². The van der Waals surface area contributed by atoms with Gasteiger partial charge < -0.3 is 24.8 Å². The molecule has 1 atom stereocenters. The van der Waals surface area contributed by atoms with Crippen molar-refractivity contribution in [3.8, 4) is 23.0 Å². The number of carbonyl (C=O) groups excluding carboxylic acids is 1. The third-order valence-corrected chi connectivity index (χ3v) is 9.90. The Morgan fingerprint density at radius 1 is 1.13 bits per heavy atom. The minimum absolute atomic E-state index is 0.0427. The van der Waals surface area contributed by atoms with Crippen LogP contribution in [0.5, 0.6) is 11.8 Å². The highest BCUT2D eigenvalue weighted by molar-refractivity contribution is 5.92. The summed E-state index contributed by atoms with van der Waals surface area (Å²) in [7, 11) is 1.98. The molecule has 11 heteroatoms. The molecule has 0 bridgehead atoms. The minimum Gasteiger partial charge on any atom is -0.508 e. The van der Waals surface area contributed by atoms with Gasteiger partial charge in [0.1, 0.15) is 29.4 Å². The first-order valence-electron chi connectivity index (χ1n) is 16.4. The highest BCUT2D eigenvalue weighted by Crippen LogP contribution is 2.48. The van der Waals surface area contributed by atoms with Crippen LogP contribution < -0.4 is 15.0 Å². The van der Waals surface area contributed by atoms with Crippen LogP contribution in [0, 0.1) is 12.7 Å². The average molecular weight is 621 g/mol. The largest absolute Gasteiger partial charge is 0.508 e. The van der Waals surface area contributed by atoms with E-state index in [1.54, 1.807) is 25.3 Å². The van der Waals surface area contributed by atoms with E-state index in [2.05, 4.69) is 24.8 Å². The molecule has 242 valence electrons.